The smallest absolute Gasteiger partial charge is 0.313 e. The Kier molecular flexibility index (Phi) is 3.21. The third-order valence-electron chi connectivity index (χ3n) is 3.02. The van der Waals surface area contributed by atoms with Gasteiger partial charge >= 0.3 is 5.69 Å². The summed E-state index contributed by atoms with van der Waals surface area (Å²) in [4.78, 5) is 38.0. The Morgan fingerprint density at radius 1 is 1.16 bits per heavy atom. The van der Waals surface area contributed by atoms with Gasteiger partial charge in [-0.25, -0.2) is 9.36 Å². The topological polar surface area (TPSA) is 71.9 Å². The van der Waals surface area contributed by atoms with Gasteiger partial charge in [-0.1, -0.05) is 18.2 Å². The van der Waals surface area contributed by atoms with Crippen LogP contribution in [0.1, 0.15) is 28.4 Å². The molecule has 0 atom stereocenters. The van der Waals surface area contributed by atoms with E-state index in [4.69, 9.17) is 0 Å². The maximum atomic E-state index is 12.3. The van der Waals surface area contributed by atoms with E-state index < -0.39 is 11.2 Å². The van der Waals surface area contributed by atoms with Crippen LogP contribution in [-0.2, 0) is 0 Å². The summed E-state index contributed by atoms with van der Waals surface area (Å²) < 4.78 is 1.02. The summed E-state index contributed by atoms with van der Waals surface area (Å²) in [6.07, 6.45) is 1.16. The number of aromatic nitrogens is 2. The molecule has 0 spiro atoms. The fourth-order valence-corrected chi connectivity index (χ4v) is 2.09. The molecule has 1 heterocycles. The Bertz CT molecular complexity index is 749. The van der Waals surface area contributed by atoms with Crippen LogP contribution in [0.5, 0.6) is 0 Å². The van der Waals surface area contributed by atoms with E-state index >= 15 is 0 Å². The summed E-state index contributed by atoms with van der Waals surface area (Å²) in [6, 6.07) is 5.48. The summed E-state index contributed by atoms with van der Waals surface area (Å²) in [7, 11) is 0. The molecule has 0 saturated carbocycles. The predicted octanol–water partition coefficient (Wildman–Crippen LogP) is 1.35. The molecule has 0 aliphatic carbocycles. The average Bonchev–Trinajstić information content (AvgIpc) is 2.32. The van der Waals surface area contributed by atoms with Crippen LogP contribution in [-0.4, -0.2) is 15.3 Å². The fourth-order valence-electron chi connectivity index (χ4n) is 2.09. The van der Waals surface area contributed by atoms with E-state index in [1.54, 1.807) is 0 Å². The number of para-hydroxylation sites is 1. The molecule has 0 aliphatic rings. The number of carbonyl (C=O) groups excluding carboxylic acids is 1. The molecule has 19 heavy (non-hydrogen) atoms. The number of aryl methyl sites for hydroxylation is 2. The summed E-state index contributed by atoms with van der Waals surface area (Å²) in [5.74, 6) is -0.374. The highest BCUT2D eigenvalue weighted by molar-refractivity contribution is 5.93. The Hall–Kier alpha value is -2.43. The average molecular weight is 258 g/mol. The van der Waals surface area contributed by atoms with Crippen LogP contribution in [0.25, 0.3) is 5.69 Å². The Morgan fingerprint density at radius 2 is 1.74 bits per heavy atom. The molecule has 2 aromatic rings. The standard InChI is InChI=1S/C14H14N2O3/c1-8-5-4-6-9(2)12(8)16-13(18)11(10(3)17)7-15-14(16)19/h4-7H,1-3H3,(H,15,19). The van der Waals surface area contributed by atoms with Crippen molar-refractivity contribution in [2.75, 3.05) is 0 Å². The van der Waals surface area contributed by atoms with Crippen LogP contribution < -0.4 is 11.2 Å². The molecule has 1 aromatic heterocycles. The number of nitrogens with zero attached hydrogens (tertiary/aromatic N) is 1. The van der Waals surface area contributed by atoms with Crippen molar-refractivity contribution in [2.24, 2.45) is 0 Å². The SMILES string of the molecule is CC(=O)c1c[nH]c(=O)n(-c2c(C)cccc2C)c1=O. The number of nitrogens with one attached hydrogen (secondary N) is 1. The Balaban J connectivity index is 2.91. The van der Waals surface area contributed by atoms with E-state index in [1.165, 1.54) is 6.92 Å². The minimum atomic E-state index is -0.589. The van der Waals surface area contributed by atoms with Gasteiger partial charge in [-0.3, -0.25) is 9.59 Å². The highest BCUT2D eigenvalue weighted by Crippen LogP contribution is 2.15. The number of benzene rings is 1. The zero-order valence-corrected chi connectivity index (χ0v) is 11.0. The van der Waals surface area contributed by atoms with Crippen molar-refractivity contribution in [1.82, 2.24) is 9.55 Å². The van der Waals surface area contributed by atoms with Gasteiger partial charge in [-0.05, 0) is 31.9 Å². The fraction of sp³-hybridized carbons (Fsp3) is 0.214. The maximum Gasteiger partial charge on any atom is 0.333 e. The molecule has 0 fully saturated rings. The van der Waals surface area contributed by atoms with E-state index in [0.717, 1.165) is 21.9 Å². The molecule has 1 N–H and O–H groups in total. The number of ketones is 1. The van der Waals surface area contributed by atoms with Crippen LogP contribution in [0.4, 0.5) is 0 Å². The molecule has 0 bridgehead atoms. The zero-order valence-electron chi connectivity index (χ0n) is 11.0. The van der Waals surface area contributed by atoms with E-state index in [9.17, 15) is 14.4 Å². The molecule has 0 unspecified atom stereocenters. The second-order valence-electron chi connectivity index (χ2n) is 4.44. The van der Waals surface area contributed by atoms with Gasteiger partial charge in [0.15, 0.2) is 5.78 Å². The quantitative estimate of drug-likeness (QED) is 0.826. The number of H-pyrrole nitrogens is 1. The van der Waals surface area contributed by atoms with Gasteiger partial charge in [0.05, 0.1) is 11.3 Å². The molecule has 0 radical (unpaired) electrons. The molecule has 0 saturated heterocycles. The first kappa shape index (κ1) is 13.0. The number of Topliss-reactive ketones (excluding diaryl/α,β-unsaturated/α-hetero) is 1. The van der Waals surface area contributed by atoms with Crippen LogP contribution in [0.15, 0.2) is 34.0 Å². The van der Waals surface area contributed by atoms with Crippen LogP contribution in [0.2, 0.25) is 0 Å². The number of hydrogen-bond donors (Lipinski definition) is 1. The van der Waals surface area contributed by atoms with Crippen LogP contribution >= 0.6 is 0 Å². The van der Waals surface area contributed by atoms with E-state index in [0.29, 0.717) is 5.69 Å². The third-order valence-corrected chi connectivity index (χ3v) is 3.02. The molecule has 98 valence electrons. The van der Waals surface area contributed by atoms with Crippen molar-refractivity contribution in [1.29, 1.82) is 0 Å². The molecule has 0 aliphatic heterocycles. The van der Waals surface area contributed by atoms with Gasteiger partial charge in [0.25, 0.3) is 5.56 Å². The van der Waals surface area contributed by atoms with Crippen molar-refractivity contribution >= 4 is 5.78 Å². The van der Waals surface area contributed by atoms with Crippen molar-refractivity contribution in [3.63, 3.8) is 0 Å². The van der Waals surface area contributed by atoms with Crippen LogP contribution in [0, 0.1) is 13.8 Å². The second-order valence-corrected chi connectivity index (χ2v) is 4.44. The highest BCUT2D eigenvalue weighted by atomic mass is 16.2. The molecule has 5 heteroatoms. The lowest BCUT2D eigenvalue weighted by Gasteiger charge is -2.11. The number of rotatable bonds is 2. The number of carbonyl (C=O) groups is 1. The van der Waals surface area contributed by atoms with Crippen molar-refractivity contribution in [3.05, 3.63) is 61.9 Å². The first-order valence-corrected chi connectivity index (χ1v) is 5.85. The molecule has 1 aromatic carbocycles. The number of hydrogen-bond acceptors (Lipinski definition) is 3. The van der Waals surface area contributed by atoms with Gasteiger partial charge in [0, 0.05) is 6.20 Å². The monoisotopic (exact) mass is 258 g/mol. The van der Waals surface area contributed by atoms with Gasteiger partial charge in [0.2, 0.25) is 0 Å². The van der Waals surface area contributed by atoms with Crippen molar-refractivity contribution < 1.29 is 4.79 Å². The van der Waals surface area contributed by atoms with Gasteiger partial charge < -0.3 is 4.98 Å². The molecular weight excluding hydrogens is 244 g/mol. The Morgan fingerprint density at radius 3 is 2.26 bits per heavy atom. The normalized spacial score (nSPS) is 10.5. The van der Waals surface area contributed by atoms with Gasteiger partial charge in [-0.15, -0.1) is 0 Å². The zero-order chi connectivity index (χ0) is 14.2. The molecular formula is C14H14N2O3. The summed E-state index contributed by atoms with van der Waals surface area (Å²) in [5.41, 5.74) is 0.960. The lowest BCUT2D eigenvalue weighted by Crippen LogP contribution is -2.37. The molecule has 2 rings (SSSR count). The lowest BCUT2D eigenvalue weighted by molar-refractivity contribution is 0.101. The Labute approximate surface area is 109 Å². The third kappa shape index (κ3) is 2.14. The number of aromatic amines is 1. The van der Waals surface area contributed by atoms with E-state index in [-0.39, 0.29) is 11.3 Å². The predicted molar refractivity (Wildman–Crippen MR) is 72.1 cm³/mol. The first-order valence-electron chi connectivity index (χ1n) is 5.85. The van der Waals surface area contributed by atoms with Crippen LogP contribution in [0.3, 0.4) is 0 Å². The van der Waals surface area contributed by atoms with Gasteiger partial charge in [0.1, 0.15) is 0 Å². The molecule has 5 nitrogen and oxygen atoms in total. The molecule has 0 amide bonds. The first-order chi connectivity index (χ1) is 8.93. The van der Waals surface area contributed by atoms with Crippen molar-refractivity contribution in [3.8, 4) is 5.69 Å². The largest absolute Gasteiger partial charge is 0.333 e. The van der Waals surface area contributed by atoms with Gasteiger partial charge in [-0.2, -0.15) is 0 Å². The highest BCUT2D eigenvalue weighted by Gasteiger charge is 2.15. The lowest BCUT2D eigenvalue weighted by atomic mass is 10.1. The minimum absolute atomic E-state index is 0.0257. The van der Waals surface area contributed by atoms with E-state index in [1.807, 2.05) is 32.0 Å². The minimum Gasteiger partial charge on any atom is -0.313 e. The maximum absolute atomic E-state index is 12.3. The summed E-state index contributed by atoms with van der Waals surface area (Å²) in [6.45, 7) is 4.92. The van der Waals surface area contributed by atoms with E-state index in [2.05, 4.69) is 4.98 Å². The summed E-state index contributed by atoms with van der Waals surface area (Å²) in [5, 5.41) is 0. The van der Waals surface area contributed by atoms with Crippen molar-refractivity contribution in [2.45, 2.75) is 20.8 Å². The summed E-state index contributed by atoms with van der Waals surface area (Å²) >= 11 is 0. The second kappa shape index (κ2) is 4.68.